The van der Waals surface area contributed by atoms with Gasteiger partial charge in [-0.1, -0.05) is 5.10 Å². The summed E-state index contributed by atoms with van der Waals surface area (Å²) in [5.74, 6) is 0. The number of hydrogen-bond donors (Lipinski definition) is 0. The van der Waals surface area contributed by atoms with Gasteiger partial charge in [0.15, 0.2) is 0 Å². The molecule has 0 rings (SSSR count). The highest BCUT2D eigenvalue weighted by Gasteiger charge is 2.01. The first-order chi connectivity index (χ1) is 3.95. The summed E-state index contributed by atoms with van der Waals surface area (Å²) in [6.45, 7) is 0. The average Bonchev–Trinajstić information content (AvgIpc) is 1.62. The predicted octanol–water partition coefficient (Wildman–Crippen LogP) is -1.03. The van der Waals surface area contributed by atoms with Crippen LogP contribution in [-0.4, -0.2) is 38.9 Å². The molecule has 0 aliphatic carbocycles. The van der Waals surface area contributed by atoms with Gasteiger partial charge in [-0.25, -0.2) is 4.59 Å². The third kappa shape index (κ3) is 5.10. The number of ether oxygens (including phenoxy) is 1. The van der Waals surface area contributed by atoms with Crippen molar-refractivity contribution in [2.45, 2.75) is 0 Å². The van der Waals surface area contributed by atoms with E-state index in [0.29, 0.717) is 0 Å². The molecular weight excluding hydrogens is 120 g/mol. The number of methoxy groups -OCH3 is 1. The smallest absolute Gasteiger partial charge is 0.209 e. The van der Waals surface area contributed by atoms with Crippen molar-refractivity contribution < 1.29 is 14.4 Å². The van der Waals surface area contributed by atoms with E-state index >= 15 is 0 Å². The van der Waals surface area contributed by atoms with Crippen LogP contribution in [0.1, 0.15) is 0 Å². The molecule has 0 saturated heterocycles. The third-order valence-corrected chi connectivity index (χ3v) is 0.556. The molecule has 0 radical (unpaired) electrons. The lowest BCUT2D eigenvalue weighted by Crippen LogP contribution is -2.33. The lowest BCUT2D eigenvalue weighted by molar-refractivity contribution is -0.879. The Morgan fingerprint density at radius 2 is 1.89 bits per heavy atom. The Morgan fingerprint density at radius 3 is 2.00 bits per heavy atom. The summed E-state index contributed by atoms with van der Waals surface area (Å²) >= 11 is 0. The Labute approximate surface area is 54.9 Å². The van der Waals surface area contributed by atoms with Crippen molar-refractivity contribution in [3.05, 3.63) is 0 Å². The van der Waals surface area contributed by atoms with Crippen LogP contribution in [0.3, 0.4) is 0 Å². The molecule has 0 fully saturated rings. The number of quaternary nitrogens is 1. The molecule has 0 aromatic heterocycles. The van der Waals surface area contributed by atoms with Crippen LogP contribution in [0, 0.1) is 0 Å². The van der Waals surface area contributed by atoms with Crippen molar-refractivity contribution >= 4 is 6.08 Å². The molecule has 0 amide bonds. The van der Waals surface area contributed by atoms with Crippen molar-refractivity contribution in [2.75, 3.05) is 28.3 Å². The summed E-state index contributed by atoms with van der Waals surface area (Å²) in [6, 6.07) is 0. The van der Waals surface area contributed by atoms with E-state index in [0.717, 1.165) is 0 Å². The van der Waals surface area contributed by atoms with Crippen LogP contribution < -0.4 is 5.11 Å². The maximum absolute atomic E-state index is 10.4. The topological polar surface area (TPSA) is 44.6 Å². The van der Waals surface area contributed by atoms with Crippen molar-refractivity contribution in [1.29, 1.82) is 0 Å². The van der Waals surface area contributed by atoms with Crippen LogP contribution in [0.2, 0.25) is 0 Å². The molecule has 0 aliphatic heterocycles. The van der Waals surface area contributed by atoms with Gasteiger partial charge >= 0.3 is 0 Å². The molecule has 0 unspecified atom stereocenters. The highest BCUT2D eigenvalue weighted by atomic mass is 16.6. The van der Waals surface area contributed by atoms with Gasteiger partial charge < -0.3 is 9.84 Å². The quantitative estimate of drug-likeness (QED) is 0.198. The standard InChI is InChI=1S/C5H12N2O2/c1-7(2,3)6-5(8)9-4/h1-4H3. The second kappa shape index (κ2) is 2.68. The average molecular weight is 132 g/mol. The summed E-state index contributed by atoms with van der Waals surface area (Å²) in [5.41, 5.74) is 0. The maximum Gasteiger partial charge on any atom is 0.209 e. The van der Waals surface area contributed by atoms with Crippen LogP contribution in [0.4, 0.5) is 0 Å². The second-order valence-electron chi connectivity index (χ2n) is 2.51. The number of rotatable bonds is 1. The van der Waals surface area contributed by atoms with Gasteiger partial charge in [-0.15, -0.1) is 0 Å². The van der Waals surface area contributed by atoms with E-state index in [9.17, 15) is 5.11 Å². The second-order valence-corrected chi connectivity index (χ2v) is 2.51. The Morgan fingerprint density at radius 1 is 1.44 bits per heavy atom. The molecule has 0 atom stereocenters. The van der Waals surface area contributed by atoms with E-state index < -0.39 is 6.08 Å². The first kappa shape index (κ1) is 8.23. The van der Waals surface area contributed by atoms with E-state index in [2.05, 4.69) is 9.84 Å². The van der Waals surface area contributed by atoms with E-state index in [1.807, 2.05) is 0 Å². The summed E-state index contributed by atoms with van der Waals surface area (Å²) in [7, 11) is 6.63. The molecule has 0 saturated carbocycles. The van der Waals surface area contributed by atoms with Crippen molar-refractivity contribution in [3.8, 4) is 0 Å². The van der Waals surface area contributed by atoms with Gasteiger partial charge in [0.25, 0.3) is 0 Å². The molecule has 0 N–H and O–H groups in total. The molecule has 0 bridgehead atoms. The SMILES string of the molecule is CO/C([O-])=N/[N+](C)(C)C. The first-order valence-corrected chi connectivity index (χ1v) is 2.58. The maximum atomic E-state index is 10.4. The summed E-state index contributed by atoms with van der Waals surface area (Å²) in [5, 5.41) is 14.0. The fourth-order valence-electron chi connectivity index (χ4n) is 0.286. The summed E-state index contributed by atoms with van der Waals surface area (Å²) in [6.07, 6.45) is -0.539. The third-order valence-electron chi connectivity index (χ3n) is 0.556. The normalized spacial score (nSPS) is 13.6. The van der Waals surface area contributed by atoms with Gasteiger partial charge in [0.2, 0.25) is 6.08 Å². The Kier molecular flexibility index (Phi) is 2.45. The molecule has 0 heterocycles. The minimum atomic E-state index is -0.539. The van der Waals surface area contributed by atoms with Gasteiger partial charge in [-0.3, -0.25) is 0 Å². The van der Waals surface area contributed by atoms with Crippen molar-refractivity contribution in [1.82, 2.24) is 0 Å². The van der Waals surface area contributed by atoms with E-state index in [4.69, 9.17) is 0 Å². The van der Waals surface area contributed by atoms with E-state index in [1.165, 1.54) is 7.11 Å². The highest BCUT2D eigenvalue weighted by molar-refractivity contribution is 5.60. The molecular formula is C5H12N2O2. The number of hydrogen-bond acceptors (Lipinski definition) is 3. The minimum Gasteiger partial charge on any atom is -0.600 e. The number of nitrogens with zero attached hydrogens (tertiary/aromatic N) is 2. The van der Waals surface area contributed by atoms with Gasteiger partial charge in [-0.2, -0.15) is 0 Å². The monoisotopic (exact) mass is 132 g/mol. The zero-order chi connectivity index (χ0) is 7.49. The minimum absolute atomic E-state index is 0.243. The largest absolute Gasteiger partial charge is 0.600 e. The molecule has 0 spiro atoms. The summed E-state index contributed by atoms with van der Waals surface area (Å²) in [4.78, 5) is 0. The zero-order valence-electron chi connectivity index (χ0n) is 6.21. The molecule has 0 aromatic rings. The van der Waals surface area contributed by atoms with Crippen molar-refractivity contribution in [3.63, 3.8) is 0 Å². The van der Waals surface area contributed by atoms with Crippen LogP contribution in [0.25, 0.3) is 0 Å². The predicted molar refractivity (Wildman–Crippen MR) is 32.5 cm³/mol. The van der Waals surface area contributed by atoms with Gasteiger partial charge in [0.05, 0.1) is 21.1 Å². The Bertz CT molecular complexity index is 115. The van der Waals surface area contributed by atoms with E-state index in [-0.39, 0.29) is 4.59 Å². The lowest BCUT2D eigenvalue weighted by Gasteiger charge is -2.17. The molecule has 4 heteroatoms. The fraction of sp³-hybridized carbons (Fsp3) is 0.800. The molecule has 54 valence electrons. The van der Waals surface area contributed by atoms with Gasteiger partial charge in [0.1, 0.15) is 0 Å². The van der Waals surface area contributed by atoms with Crippen molar-refractivity contribution in [2.24, 2.45) is 5.10 Å². The highest BCUT2D eigenvalue weighted by Crippen LogP contribution is 1.89. The Hall–Kier alpha value is -0.770. The molecule has 0 aliphatic rings. The molecule has 9 heavy (non-hydrogen) atoms. The lowest BCUT2D eigenvalue weighted by atomic mass is 10.9. The van der Waals surface area contributed by atoms with Gasteiger partial charge in [-0.05, 0) is 7.11 Å². The van der Waals surface area contributed by atoms with Gasteiger partial charge in [0, 0.05) is 0 Å². The molecule has 0 aromatic carbocycles. The zero-order valence-corrected chi connectivity index (χ0v) is 6.21. The van der Waals surface area contributed by atoms with Crippen LogP contribution >= 0.6 is 0 Å². The first-order valence-electron chi connectivity index (χ1n) is 2.58. The Balaban J connectivity index is 3.95. The molecule has 4 nitrogen and oxygen atoms in total. The summed E-state index contributed by atoms with van der Waals surface area (Å²) < 4.78 is 4.55. The fourth-order valence-corrected chi connectivity index (χ4v) is 0.286. The van der Waals surface area contributed by atoms with Crippen LogP contribution in [-0.2, 0) is 4.74 Å². The van der Waals surface area contributed by atoms with Crippen LogP contribution in [0.15, 0.2) is 5.10 Å². The van der Waals surface area contributed by atoms with E-state index in [1.54, 1.807) is 21.1 Å². The van der Waals surface area contributed by atoms with Crippen LogP contribution in [0.5, 0.6) is 0 Å².